The molecule has 0 amide bonds. The van der Waals surface area contributed by atoms with Gasteiger partial charge in [0, 0.05) is 0 Å². The van der Waals surface area contributed by atoms with Crippen molar-refractivity contribution in [1.82, 2.24) is 0 Å². The third-order valence-corrected chi connectivity index (χ3v) is 2.16. The molecule has 1 aromatic rings. The van der Waals surface area contributed by atoms with Crippen LogP contribution in [0.25, 0.3) is 0 Å². The van der Waals surface area contributed by atoms with Gasteiger partial charge in [-0.25, -0.2) is 4.79 Å². The first-order valence-corrected chi connectivity index (χ1v) is 5.32. The number of para-hydroxylation sites is 1. The van der Waals surface area contributed by atoms with Crippen LogP contribution in [-0.2, 0) is 9.53 Å². The van der Waals surface area contributed by atoms with Crippen molar-refractivity contribution in [2.45, 2.75) is 19.2 Å². The molecular weight excluding hydrogens is 273 g/mol. The molecule has 0 saturated heterocycles. The zero-order chi connectivity index (χ0) is 13.8. The number of carbonyl (C=O) groups is 1. The molecule has 0 aliphatic heterocycles. The Hall–Kier alpha value is -1.43. The molecular formula is C11H10ClF3O3. The van der Waals surface area contributed by atoms with Gasteiger partial charge in [0.2, 0.25) is 0 Å². The van der Waals surface area contributed by atoms with E-state index in [2.05, 4.69) is 4.74 Å². The summed E-state index contributed by atoms with van der Waals surface area (Å²) in [6.45, 7) is -0.357. The van der Waals surface area contributed by atoms with E-state index in [1.54, 1.807) is 12.1 Å². The lowest BCUT2D eigenvalue weighted by Crippen LogP contribution is -2.30. The summed E-state index contributed by atoms with van der Waals surface area (Å²) < 4.78 is 44.6. The highest BCUT2D eigenvalue weighted by Gasteiger charge is 2.31. The maximum atomic E-state index is 11.8. The Labute approximate surface area is 106 Å². The molecule has 0 unspecified atom stereocenters. The third kappa shape index (κ3) is 4.83. The Morgan fingerprint density at radius 2 is 2.00 bits per heavy atom. The van der Waals surface area contributed by atoms with Crippen molar-refractivity contribution in [3.05, 3.63) is 29.3 Å². The van der Waals surface area contributed by atoms with E-state index in [0.717, 1.165) is 0 Å². The van der Waals surface area contributed by atoms with E-state index in [1.165, 1.54) is 19.1 Å². The fourth-order valence-corrected chi connectivity index (χ4v) is 1.23. The first kappa shape index (κ1) is 14.6. The van der Waals surface area contributed by atoms with Crippen LogP contribution in [0.1, 0.15) is 6.92 Å². The van der Waals surface area contributed by atoms with Gasteiger partial charge >= 0.3 is 12.1 Å². The van der Waals surface area contributed by atoms with Gasteiger partial charge in [-0.05, 0) is 19.1 Å². The summed E-state index contributed by atoms with van der Waals surface area (Å²) in [5, 5.41) is 0.257. The van der Waals surface area contributed by atoms with E-state index in [0.29, 0.717) is 0 Å². The second-order valence-corrected chi connectivity index (χ2v) is 3.82. The van der Waals surface area contributed by atoms with Crippen molar-refractivity contribution < 1.29 is 27.4 Å². The van der Waals surface area contributed by atoms with Gasteiger partial charge in [-0.15, -0.1) is 0 Å². The number of ether oxygens (including phenoxy) is 2. The molecule has 18 heavy (non-hydrogen) atoms. The molecule has 0 saturated carbocycles. The van der Waals surface area contributed by atoms with Gasteiger partial charge in [0.05, 0.1) is 5.02 Å². The van der Waals surface area contributed by atoms with E-state index in [9.17, 15) is 18.0 Å². The predicted octanol–water partition coefficient (Wildman–Crippen LogP) is 3.21. The Kier molecular flexibility index (Phi) is 4.84. The van der Waals surface area contributed by atoms with Crippen LogP contribution in [-0.4, -0.2) is 24.9 Å². The van der Waals surface area contributed by atoms with Crippen LogP contribution in [0.4, 0.5) is 13.2 Å². The standard InChI is InChI=1S/C11H10ClF3O3/c1-7(10(16)17-6-11(13,14)15)18-9-5-3-2-4-8(9)12/h2-5,7H,6H2,1H3/t7-/m0/s1. The number of esters is 1. The van der Waals surface area contributed by atoms with E-state index in [4.69, 9.17) is 16.3 Å². The van der Waals surface area contributed by atoms with Crippen LogP contribution in [0.3, 0.4) is 0 Å². The second kappa shape index (κ2) is 5.95. The van der Waals surface area contributed by atoms with Crippen LogP contribution >= 0.6 is 11.6 Å². The normalized spacial score (nSPS) is 12.9. The van der Waals surface area contributed by atoms with E-state index < -0.39 is 24.9 Å². The minimum absolute atomic E-state index is 0.204. The highest BCUT2D eigenvalue weighted by Crippen LogP contribution is 2.24. The maximum Gasteiger partial charge on any atom is 0.422 e. The summed E-state index contributed by atoms with van der Waals surface area (Å²) in [6.07, 6.45) is -5.73. The Morgan fingerprint density at radius 3 is 2.56 bits per heavy atom. The molecule has 1 atom stereocenters. The molecule has 1 rings (SSSR count). The van der Waals surface area contributed by atoms with E-state index in [1.807, 2.05) is 0 Å². The van der Waals surface area contributed by atoms with Crippen molar-refractivity contribution in [3.63, 3.8) is 0 Å². The Balaban J connectivity index is 2.53. The summed E-state index contributed by atoms with van der Waals surface area (Å²) in [6, 6.07) is 6.30. The molecule has 1 aromatic carbocycles. The molecule has 0 bridgehead atoms. The fourth-order valence-electron chi connectivity index (χ4n) is 1.05. The van der Waals surface area contributed by atoms with Gasteiger partial charge in [-0.3, -0.25) is 0 Å². The average molecular weight is 283 g/mol. The molecule has 0 aromatic heterocycles. The largest absolute Gasteiger partial charge is 0.477 e. The number of benzene rings is 1. The fraction of sp³-hybridized carbons (Fsp3) is 0.364. The maximum absolute atomic E-state index is 11.8. The summed E-state index contributed by atoms with van der Waals surface area (Å²) >= 11 is 5.77. The first-order valence-electron chi connectivity index (χ1n) is 4.94. The number of carbonyl (C=O) groups excluding carboxylic acids is 1. The number of hydrogen-bond donors (Lipinski definition) is 0. The van der Waals surface area contributed by atoms with Crippen LogP contribution in [0.2, 0.25) is 5.02 Å². The Morgan fingerprint density at radius 1 is 1.39 bits per heavy atom. The summed E-state index contributed by atoms with van der Waals surface area (Å²) in [5.74, 6) is -0.900. The second-order valence-electron chi connectivity index (χ2n) is 3.41. The zero-order valence-electron chi connectivity index (χ0n) is 9.33. The third-order valence-electron chi connectivity index (χ3n) is 1.85. The van der Waals surface area contributed by atoms with Gasteiger partial charge in [-0.1, -0.05) is 23.7 Å². The molecule has 0 heterocycles. The van der Waals surface area contributed by atoms with Crippen molar-refractivity contribution in [3.8, 4) is 5.75 Å². The van der Waals surface area contributed by atoms with Gasteiger partial charge in [-0.2, -0.15) is 13.2 Å². The highest BCUT2D eigenvalue weighted by molar-refractivity contribution is 6.32. The lowest BCUT2D eigenvalue weighted by atomic mass is 10.3. The van der Waals surface area contributed by atoms with Gasteiger partial charge < -0.3 is 9.47 Å². The topological polar surface area (TPSA) is 35.5 Å². The van der Waals surface area contributed by atoms with Crippen molar-refractivity contribution in [1.29, 1.82) is 0 Å². The minimum atomic E-state index is -4.56. The summed E-state index contributed by atoms with van der Waals surface area (Å²) in [5.41, 5.74) is 0. The summed E-state index contributed by atoms with van der Waals surface area (Å²) in [7, 11) is 0. The SMILES string of the molecule is C[C@H](Oc1ccccc1Cl)C(=O)OCC(F)(F)F. The van der Waals surface area contributed by atoms with Crippen LogP contribution < -0.4 is 4.74 Å². The first-order chi connectivity index (χ1) is 8.29. The van der Waals surface area contributed by atoms with Crippen LogP contribution in [0.15, 0.2) is 24.3 Å². The molecule has 0 fully saturated rings. The van der Waals surface area contributed by atoms with E-state index in [-0.39, 0.29) is 10.8 Å². The average Bonchev–Trinajstić information content (AvgIpc) is 2.28. The number of halogens is 4. The molecule has 0 spiro atoms. The quantitative estimate of drug-likeness (QED) is 0.796. The van der Waals surface area contributed by atoms with E-state index >= 15 is 0 Å². The van der Waals surface area contributed by atoms with Crippen molar-refractivity contribution >= 4 is 17.6 Å². The smallest absolute Gasteiger partial charge is 0.422 e. The molecule has 0 aliphatic rings. The molecule has 0 radical (unpaired) electrons. The molecule has 0 N–H and O–H groups in total. The monoisotopic (exact) mass is 282 g/mol. The van der Waals surface area contributed by atoms with Gasteiger partial charge in [0.25, 0.3) is 0 Å². The number of hydrogen-bond acceptors (Lipinski definition) is 3. The van der Waals surface area contributed by atoms with Crippen LogP contribution in [0, 0.1) is 0 Å². The Bertz CT molecular complexity index is 420. The van der Waals surface area contributed by atoms with Crippen molar-refractivity contribution in [2.75, 3.05) is 6.61 Å². The zero-order valence-corrected chi connectivity index (χ0v) is 10.1. The lowest BCUT2D eigenvalue weighted by Gasteiger charge is -2.15. The molecule has 0 aliphatic carbocycles. The number of rotatable bonds is 4. The minimum Gasteiger partial charge on any atom is -0.477 e. The van der Waals surface area contributed by atoms with Gasteiger partial charge in [0.15, 0.2) is 12.7 Å². The molecule has 3 nitrogen and oxygen atoms in total. The van der Waals surface area contributed by atoms with Gasteiger partial charge in [0.1, 0.15) is 5.75 Å². The number of alkyl halides is 3. The highest BCUT2D eigenvalue weighted by atomic mass is 35.5. The predicted molar refractivity (Wildman–Crippen MR) is 58.6 cm³/mol. The molecule has 100 valence electrons. The molecule has 7 heteroatoms. The lowest BCUT2D eigenvalue weighted by molar-refractivity contribution is -0.190. The summed E-state index contributed by atoms with van der Waals surface area (Å²) in [4.78, 5) is 11.2. The van der Waals surface area contributed by atoms with Crippen molar-refractivity contribution in [2.24, 2.45) is 0 Å². The van der Waals surface area contributed by atoms with Crippen LogP contribution in [0.5, 0.6) is 5.75 Å².